The molecule has 4 nitrogen and oxygen atoms in total. The largest absolute Gasteiger partial charge is 0.493 e. The average molecular weight is 631 g/mol. The highest BCUT2D eigenvalue weighted by Gasteiger charge is 2.35. The highest BCUT2D eigenvalue weighted by Crippen LogP contribution is 2.45. The van der Waals surface area contributed by atoms with E-state index in [0.29, 0.717) is 28.9 Å². The van der Waals surface area contributed by atoms with Crippen LogP contribution >= 0.6 is 61.9 Å². The number of halogens is 3. The Labute approximate surface area is 212 Å². The molecule has 1 aliphatic heterocycles. The summed E-state index contributed by atoms with van der Waals surface area (Å²) in [4.78, 5) is 14.5. The molecular formula is C23H18BrClINO3S. The number of thioether (sulfide) groups is 1. The summed E-state index contributed by atoms with van der Waals surface area (Å²) in [6.07, 6.45) is 0. The van der Waals surface area contributed by atoms with Crippen LogP contribution in [0.2, 0.25) is 5.02 Å². The first-order valence-electron chi connectivity index (χ1n) is 9.40. The van der Waals surface area contributed by atoms with Gasteiger partial charge >= 0.3 is 0 Å². The number of hydrogen-bond acceptors (Lipinski definition) is 4. The summed E-state index contributed by atoms with van der Waals surface area (Å²) in [6, 6.07) is 19.4. The third kappa shape index (κ3) is 5.16. The van der Waals surface area contributed by atoms with Gasteiger partial charge < -0.3 is 9.47 Å². The van der Waals surface area contributed by atoms with E-state index in [1.165, 1.54) is 0 Å². The minimum atomic E-state index is -0.142. The van der Waals surface area contributed by atoms with Gasteiger partial charge in [0.05, 0.1) is 16.4 Å². The van der Waals surface area contributed by atoms with Gasteiger partial charge in [0.1, 0.15) is 12.0 Å². The summed E-state index contributed by atoms with van der Waals surface area (Å²) < 4.78 is 13.7. The number of methoxy groups -OCH3 is 1. The summed E-state index contributed by atoms with van der Waals surface area (Å²) in [7, 11) is 1.63. The molecule has 3 aromatic rings. The molecule has 0 bridgehead atoms. The Morgan fingerprint density at radius 2 is 1.87 bits per heavy atom. The van der Waals surface area contributed by atoms with Crippen LogP contribution in [0.15, 0.2) is 65.1 Å². The van der Waals surface area contributed by atoms with Gasteiger partial charge in [0, 0.05) is 15.2 Å². The predicted octanol–water partition coefficient (Wildman–Crippen LogP) is 7.07. The maximum Gasteiger partial charge on any atom is 0.238 e. The molecule has 0 spiro atoms. The first-order chi connectivity index (χ1) is 15.0. The van der Waals surface area contributed by atoms with Crippen LogP contribution in [0.1, 0.15) is 16.5 Å². The number of nitrogens with zero attached hydrogens (tertiary/aromatic N) is 1. The van der Waals surface area contributed by atoms with Gasteiger partial charge in [-0.2, -0.15) is 0 Å². The monoisotopic (exact) mass is 629 g/mol. The molecule has 0 unspecified atom stereocenters. The molecule has 1 atom stereocenters. The second kappa shape index (κ2) is 10.0. The summed E-state index contributed by atoms with van der Waals surface area (Å²) in [5.74, 6) is 1.84. The Morgan fingerprint density at radius 1 is 1.16 bits per heavy atom. The van der Waals surface area contributed by atoms with Gasteiger partial charge in [-0.1, -0.05) is 39.7 Å². The van der Waals surface area contributed by atoms with E-state index in [0.717, 1.165) is 24.9 Å². The number of ether oxygens (including phenoxy) is 2. The molecule has 1 heterocycles. The van der Waals surface area contributed by atoms with Crippen molar-refractivity contribution in [2.75, 3.05) is 17.8 Å². The molecule has 160 valence electrons. The number of amides is 1. The standard InChI is InChI=1S/C23H18BrClINO3S/c1-29-20-11-15(10-19(26)22(20)30-12-14-2-4-16(24)5-3-14)23-27(21(28)13-31-23)18-8-6-17(25)7-9-18/h2-11,23H,12-13H2,1H3/t23-/m0/s1. The fourth-order valence-electron chi connectivity index (χ4n) is 3.31. The Hall–Kier alpha value is -1.42. The fraction of sp³-hybridized carbons (Fsp3) is 0.174. The Kier molecular flexibility index (Phi) is 7.36. The molecule has 1 amide bonds. The molecule has 31 heavy (non-hydrogen) atoms. The number of anilines is 1. The summed E-state index contributed by atoms with van der Waals surface area (Å²) in [6.45, 7) is 0.437. The van der Waals surface area contributed by atoms with E-state index in [9.17, 15) is 4.79 Å². The van der Waals surface area contributed by atoms with Gasteiger partial charge in [-0.25, -0.2) is 0 Å². The van der Waals surface area contributed by atoms with Crippen molar-refractivity contribution in [3.63, 3.8) is 0 Å². The van der Waals surface area contributed by atoms with Crippen LogP contribution in [0.3, 0.4) is 0 Å². The van der Waals surface area contributed by atoms with Crippen molar-refractivity contribution in [1.29, 1.82) is 0 Å². The number of hydrogen-bond donors (Lipinski definition) is 0. The first kappa shape index (κ1) is 22.8. The van der Waals surface area contributed by atoms with E-state index in [2.05, 4.69) is 44.6 Å². The topological polar surface area (TPSA) is 38.8 Å². The van der Waals surface area contributed by atoms with E-state index in [1.807, 2.05) is 47.4 Å². The lowest BCUT2D eigenvalue weighted by Crippen LogP contribution is -2.27. The van der Waals surface area contributed by atoms with Crippen molar-refractivity contribution in [1.82, 2.24) is 0 Å². The van der Waals surface area contributed by atoms with Crippen LogP contribution in [-0.2, 0) is 11.4 Å². The summed E-state index contributed by atoms with van der Waals surface area (Å²) in [5, 5.41) is 0.500. The van der Waals surface area contributed by atoms with Gasteiger partial charge in [0.15, 0.2) is 11.5 Å². The second-order valence-electron chi connectivity index (χ2n) is 6.85. The fourth-order valence-corrected chi connectivity index (χ4v) is 5.64. The van der Waals surface area contributed by atoms with Gasteiger partial charge in [0.25, 0.3) is 0 Å². The predicted molar refractivity (Wildman–Crippen MR) is 138 cm³/mol. The number of carbonyl (C=O) groups is 1. The van der Waals surface area contributed by atoms with Gasteiger partial charge in [-0.05, 0) is 82.2 Å². The third-order valence-electron chi connectivity index (χ3n) is 4.81. The molecule has 3 aromatic carbocycles. The second-order valence-corrected chi connectivity index (χ2v) is 10.4. The quantitative estimate of drug-likeness (QED) is 0.273. The van der Waals surface area contributed by atoms with Crippen LogP contribution in [0.25, 0.3) is 0 Å². The highest BCUT2D eigenvalue weighted by molar-refractivity contribution is 14.1. The van der Waals surface area contributed by atoms with Crippen molar-refractivity contribution in [2.24, 2.45) is 0 Å². The van der Waals surface area contributed by atoms with Crippen LogP contribution < -0.4 is 14.4 Å². The van der Waals surface area contributed by atoms with Crippen molar-refractivity contribution < 1.29 is 14.3 Å². The van der Waals surface area contributed by atoms with Crippen molar-refractivity contribution in [3.8, 4) is 11.5 Å². The van der Waals surface area contributed by atoms with E-state index in [1.54, 1.807) is 31.0 Å². The molecular weight excluding hydrogens is 613 g/mol. The van der Waals surface area contributed by atoms with Gasteiger partial charge in [-0.15, -0.1) is 11.8 Å². The highest BCUT2D eigenvalue weighted by atomic mass is 127. The first-order valence-corrected chi connectivity index (χ1v) is 12.7. The molecule has 0 radical (unpaired) electrons. The molecule has 4 rings (SSSR count). The maximum atomic E-state index is 12.6. The smallest absolute Gasteiger partial charge is 0.238 e. The van der Waals surface area contributed by atoms with Crippen molar-refractivity contribution in [2.45, 2.75) is 12.0 Å². The van der Waals surface area contributed by atoms with Crippen LogP contribution in [-0.4, -0.2) is 18.8 Å². The zero-order valence-corrected chi connectivity index (χ0v) is 21.8. The van der Waals surface area contributed by atoms with Crippen LogP contribution in [0, 0.1) is 3.57 Å². The average Bonchev–Trinajstić information content (AvgIpc) is 3.15. The van der Waals surface area contributed by atoms with Crippen molar-refractivity contribution in [3.05, 3.63) is 84.9 Å². The van der Waals surface area contributed by atoms with E-state index < -0.39 is 0 Å². The van der Waals surface area contributed by atoms with Gasteiger partial charge in [-0.3, -0.25) is 9.69 Å². The minimum absolute atomic E-state index is 0.0712. The van der Waals surface area contributed by atoms with E-state index in [4.69, 9.17) is 21.1 Å². The van der Waals surface area contributed by atoms with Crippen LogP contribution in [0.5, 0.6) is 11.5 Å². The zero-order valence-electron chi connectivity index (χ0n) is 16.5. The molecule has 0 aliphatic carbocycles. The normalized spacial score (nSPS) is 15.9. The lowest BCUT2D eigenvalue weighted by Gasteiger charge is -2.25. The Bertz CT molecular complexity index is 1100. The van der Waals surface area contributed by atoms with Crippen LogP contribution in [0.4, 0.5) is 5.69 Å². The molecule has 1 aliphatic rings. The van der Waals surface area contributed by atoms with E-state index in [-0.39, 0.29) is 11.3 Å². The lowest BCUT2D eigenvalue weighted by atomic mass is 10.1. The number of rotatable bonds is 6. The molecule has 0 saturated carbocycles. The number of carbonyl (C=O) groups excluding carboxylic acids is 1. The molecule has 0 aromatic heterocycles. The SMILES string of the molecule is COc1cc([C@@H]2SCC(=O)N2c2ccc(Cl)cc2)cc(I)c1OCc1ccc(Br)cc1. The summed E-state index contributed by atoms with van der Waals surface area (Å²) >= 11 is 13.3. The van der Waals surface area contributed by atoms with Crippen molar-refractivity contribution >= 4 is 73.5 Å². The molecule has 0 N–H and O–H groups in total. The Morgan fingerprint density at radius 3 is 2.55 bits per heavy atom. The third-order valence-corrected chi connectivity index (χ3v) is 7.60. The number of benzene rings is 3. The minimum Gasteiger partial charge on any atom is -0.493 e. The summed E-state index contributed by atoms with van der Waals surface area (Å²) in [5.41, 5.74) is 2.88. The Balaban J connectivity index is 1.61. The van der Waals surface area contributed by atoms with E-state index >= 15 is 0 Å². The molecule has 1 fully saturated rings. The molecule has 8 heteroatoms. The maximum absolute atomic E-state index is 12.6. The zero-order chi connectivity index (χ0) is 22.0. The van der Waals surface area contributed by atoms with Gasteiger partial charge in [0.2, 0.25) is 5.91 Å². The lowest BCUT2D eigenvalue weighted by molar-refractivity contribution is -0.115. The molecule has 1 saturated heterocycles.